The first kappa shape index (κ1) is 13.0. The maximum absolute atomic E-state index is 12.8. The number of anilines is 1. The fourth-order valence-electron chi connectivity index (χ4n) is 1.44. The van der Waals surface area contributed by atoms with E-state index in [9.17, 15) is 4.39 Å². The fourth-order valence-corrected chi connectivity index (χ4v) is 1.44. The quantitative estimate of drug-likeness (QED) is 0.696. The maximum Gasteiger partial charge on any atom is 0.125 e. The fraction of sp³-hybridized carbons (Fsp3) is 0.538. The van der Waals surface area contributed by atoms with Crippen LogP contribution < -0.4 is 10.6 Å². The average Bonchev–Trinajstić information content (AvgIpc) is 2.23. The Hall–Kier alpha value is -1.09. The summed E-state index contributed by atoms with van der Waals surface area (Å²) in [5.41, 5.74) is 0.851. The largest absolute Gasteiger partial charge is 0.385 e. The summed E-state index contributed by atoms with van der Waals surface area (Å²) >= 11 is 0. The van der Waals surface area contributed by atoms with Gasteiger partial charge in [-0.05, 0) is 43.6 Å². The summed E-state index contributed by atoms with van der Waals surface area (Å²) in [5, 5.41) is 6.56. The molecule has 0 radical (unpaired) electrons. The summed E-state index contributed by atoms with van der Waals surface area (Å²) in [4.78, 5) is 0. The summed E-state index contributed by atoms with van der Waals surface area (Å²) in [6.45, 7) is 7.31. The molecule has 0 amide bonds. The van der Waals surface area contributed by atoms with Crippen molar-refractivity contribution >= 4 is 5.69 Å². The van der Waals surface area contributed by atoms with E-state index in [2.05, 4.69) is 24.5 Å². The van der Waals surface area contributed by atoms with Crippen LogP contribution in [0.5, 0.6) is 0 Å². The second-order valence-corrected chi connectivity index (χ2v) is 4.39. The number of halogens is 1. The van der Waals surface area contributed by atoms with Crippen LogP contribution in [0.3, 0.4) is 0 Å². The highest BCUT2D eigenvalue weighted by Gasteiger charge is 1.95. The van der Waals surface area contributed by atoms with Gasteiger partial charge < -0.3 is 10.6 Å². The zero-order valence-corrected chi connectivity index (χ0v) is 10.1. The summed E-state index contributed by atoms with van der Waals surface area (Å²) in [7, 11) is 0. The van der Waals surface area contributed by atoms with Gasteiger partial charge in [0.2, 0.25) is 0 Å². The van der Waals surface area contributed by atoms with Gasteiger partial charge in [0, 0.05) is 12.2 Å². The Morgan fingerprint density at radius 2 is 2.06 bits per heavy atom. The minimum absolute atomic E-state index is 0.192. The lowest BCUT2D eigenvalue weighted by Crippen LogP contribution is -2.22. The molecule has 1 rings (SSSR count). The summed E-state index contributed by atoms with van der Waals surface area (Å²) in [5.74, 6) is 0.499. The third kappa shape index (κ3) is 5.71. The molecular formula is C13H21FN2. The molecule has 0 saturated heterocycles. The van der Waals surface area contributed by atoms with Crippen LogP contribution in [-0.4, -0.2) is 19.6 Å². The molecule has 90 valence electrons. The van der Waals surface area contributed by atoms with E-state index < -0.39 is 0 Å². The second kappa shape index (κ2) is 7.23. The predicted octanol–water partition coefficient (Wildman–Crippen LogP) is 2.87. The first-order valence-corrected chi connectivity index (χ1v) is 5.88. The summed E-state index contributed by atoms with van der Waals surface area (Å²) in [6, 6.07) is 6.57. The first-order chi connectivity index (χ1) is 7.68. The maximum atomic E-state index is 12.8. The molecule has 0 unspecified atom stereocenters. The molecule has 0 aliphatic carbocycles. The van der Waals surface area contributed by atoms with E-state index in [1.807, 2.05) is 6.07 Å². The second-order valence-electron chi connectivity index (χ2n) is 4.39. The molecule has 0 aliphatic heterocycles. The molecule has 0 spiro atoms. The van der Waals surface area contributed by atoms with Gasteiger partial charge in [0.1, 0.15) is 5.82 Å². The number of nitrogens with one attached hydrogen (secondary N) is 2. The smallest absolute Gasteiger partial charge is 0.125 e. The Labute approximate surface area is 97.3 Å². The minimum atomic E-state index is -0.192. The zero-order chi connectivity index (χ0) is 11.8. The monoisotopic (exact) mass is 224 g/mol. The Bertz CT molecular complexity index is 300. The molecule has 0 aromatic heterocycles. The number of rotatable bonds is 7. The van der Waals surface area contributed by atoms with Crippen molar-refractivity contribution in [2.45, 2.75) is 20.3 Å². The van der Waals surface area contributed by atoms with Crippen LogP contribution in [0.4, 0.5) is 10.1 Å². The Balaban J connectivity index is 2.07. The molecular weight excluding hydrogens is 203 g/mol. The summed E-state index contributed by atoms with van der Waals surface area (Å²) in [6.07, 6.45) is 1.04. The van der Waals surface area contributed by atoms with Gasteiger partial charge in [-0.25, -0.2) is 4.39 Å². The number of hydrogen-bond acceptors (Lipinski definition) is 2. The van der Waals surface area contributed by atoms with Crippen molar-refractivity contribution in [1.82, 2.24) is 5.32 Å². The van der Waals surface area contributed by atoms with Crippen LogP contribution in [0.1, 0.15) is 20.3 Å². The predicted molar refractivity (Wildman–Crippen MR) is 67.2 cm³/mol. The molecule has 1 aromatic carbocycles. The lowest BCUT2D eigenvalue weighted by molar-refractivity contribution is 0.547. The van der Waals surface area contributed by atoms with E-state index in [0.717, 1.165) is 31.7 Å². The van der Waals surface area contributed by atoms with Gasteiger partial charge in [0.05, 0.1) is 0 Å². The van der Waals surface area contributed by atoms with Crippen LogP contribution >= 0.6 is 0 Å². The normalized spacial score (nSPS) is 10.8. The SMILES string of the molecule is CC(C)CNCCCNc1cccc(F)c1. The molecule has 0 aliphatic rings. The van der Waals surface area contributed by atoms with Crippen molar-refractivity contribution in [2.24, 2.45) is 5.92 Å². The van der Waals surface area contributed by atoms with Gasteiger partial charge in [-0.15, -0.1) is 0 Å². The van der Waals surface area contributed by atoms with Crippen molar-refractivity contribution in [1.29, 1.82) is 0 Å². The van der Waals surface area contributed by atoms with E-state index in [4.69, 9.17) is 0 Å². The van der Waals surface area contributed by atoms with Gasteiger partial charge in [-0.1, -0.05) is 19.9 Å². The van der Waals surface area contributed by atoms with Gasteiger partial charge in [-0.2, -0.15) is 0 Å². The molecule has 16 heavy (non-hydrogen) atoms. The Morgan fingerprint density at radius 1 is 1.25 bits per heavy atom. The molecule has 0 atom stereocenters. The van der Waals surface area contributed by atoms with Crippen molar-refractivity contribution in [2.75, 3.05) is 25.0 Å². The molecule has 0 heterocycles. The average molecular weight is 224 g/mol. The van der Waals surface area contributed by atoms with E-state index in [0.29, 0.717) is 5.92 Å². The third-order valence-electron chi connectivity index (χ3n) is 2.24. The topological polar surface area (TPSA) is 24.1 Å². The lowest BCUT2D eigenvalue weighted by Gasteiger charge is -2.08. The summed E-state index contributed by atoms with van der Waals surface area (Å²) < 4.78 is 12.8. The van der Waals surface area contributed by atoms with E-state index in [1.165, 1.54) is 12.1 Å². The highest BCUT2D eigenvalue weighted by Crippen LogP contribution is 2.08. The van der Waals surface area contributed by atoms with Crippen molar-refractivity contribution in [3.63, 3.8) is 0 Å². The van der Waals surface area contributed by atoms with Crippen LogP contribution in [0, 0.1) is 11.7 Å². The lowest BCUT2D eigenvalue weighted by atomic mass is 10.2. The first-order valence-electron chi connectivity index (χ1n) is 5.88. The van der Waals surface area contributed by atoms with E-state index >= 15 is 0 Å². The van der Waals surface area contributed by atoms with Gasteiger partial charge in [0.25, 0.3) is 0 Å². The van der Waals surface area contributed by atoms with Gasteiger partial charge in [-0.3, -0.25) is 0 Å². The molecule has 2 N–H and O–H groups in total. The number of benzene rings is 1. The van der Waals surface area contributed by atoms with Crippen LogP contribution in [0.2, 0.25) is 0 Å². The van der Waals surface area contributed by atoms with Crippen molar-refractivity contribution in [3.05, 3.63) is 30.1 Å². The third-order valence-corrected chi connectivity index (χ3v) is 2.24. The van der Waals surface area contributed by atoms with Gasteiger partial charge >= 0.3 is 0 Å². The zero-order valence-electron chi connectivity index (χ0n) is 10.1. The minimum Gasteiger partial charge on any atom is -0.385 e. The molecule has 0 bridgehead atoms. The Kier molecular flexibility index (Phi) is 5.86. The molecule has 0 saturated carbocycles. The number of hydrogen-bond donors (Lipinski definition) is 2. The van der Waals surface area contributed by atoms with Crippen molar-refractivity contribution < 1.29 is 4.39 Å². The van der Waals surface area contributed by atoms with E-state index in [1.54, 1.807) is 6.07 Å². The van der Waals surface area contributed by atoms with Gasteiger partial charge in [0.15, 0.2) is 0 Å². The van der Waals surface area contributed by atoms with Crippen LogP contribution in [0.15, 0.2) is 24.3 Å². The molecule has 2 nitrogen and oxygen atoms in total. The molecule has 0 fully saturated rings. The molecule has 1 aromatic rings. The van der Waals surface area contributed by atoms with Crippen LogP contribution in [0.25, 0.3) is 0 Å². The molecule has 3 heteroatoms. The Morgan fingerprint density at radius 3 is 2.75 bits per heavy atom. The highest BCUT2D eigenvalue weighted by atomic mass is 19.1. The standard InChI is InChI=1S/C13H21FN2/c1-11(2)10-15-7-4-8-16-13-6-3-5-12(14)9-13/h3,5-6,9,11,15-16H,4,7-8,10H2,1-2H3. The van der Waals surface area contributed by atoms with E-state index in [-0.39, 0.29) is 5.82 Å². The van der Waals surface area contributed by atoms with Crippen LogP contribution in [-0.2, 0) is 0 Å². The highest BCUT2D eigenvalue weighted by molar-refractivity contribution is 5.42. The van der Waals surface area contributed by atoms with Crippen molar-refractivity contribution in [3.8, 4) is 0 Å².